The molecule has 1 unspecified atom stereocenters. The van der Waals surface area contributed by atoms with E-state index in [0.717, 1.165) is 0 Å². The number of hydrogen-bond acceptors (Lipinski definition) is 6. The molecule has 1 aromatic rings. The molecule has 2 rings (SSSR count). The van der Waals surface area contributed by atoms with Gasteiger partial charge in [-0.2, -0.15) is 5.06 Å². The first kappa shape index (κ1) is 15.3. The van der Waals surface area contributed by atoms with Crippen molar-refractivity contribution >= 4 is 45.0 Å². The number of ketones is 2. The average molecular weight is 355 g/mol. The summed E-state index contributed by atoms with van der Waals surface area (Å²) in [5.41, 5.74) is 3.77. The second-order valence-corrected chi connectivity index (χ2v) is 5.16. The van der Waals surface area contributed by atoms with Crippen LogP contribution in [0.1, 0.15) is 16.8 Å². The summed E-state index contributed by atoms with van der Waals surface area (Å²) in [6, 6.07) is 5.60. The van der Waals surface area contributed by atoms with E-state index in [1.165, 1.54) is 24.3 Å². The highest BCUT2D eigenvalue weighted by Gasteiger charge is 2.61. The number of carbonyl (C=O) groups excluding carboxylic acids is 4. The molecule has 1 atom stereocenters. The lowest BCUT2D eigenvalue weighted by atomic mass is 9.75. The van der Waals surface area contributed by atoms with Gasteiger partial charge >= 0.3 is 0 Å². The fourth-order valence-corrected chi connectivity index (χ4v) is 2.67. The van der Waals surface area contributed by atoms with Crippen molar-refractivity contribution in [3.63, 3.8) is 0 Å². The molecule has 0 bridgehead atoms. The summed E-state index contributed by atoms with van der Waals surface area (Å²) in [7, 11) is 0. The first-order chi connectivity index (χ1) is 9.84. The van der Waals surface area contributed by atoms with Crippen LogP contribution < -0.4 is 5.73 Å². The zero-order chi connectivity index (χ0) is 15.8. The van der Waals surface area contributed by atoms with Crippen molar-refractivity contribution in [3.05, 3.63) is 29.8 Å². The van der Waals surface area contributed by atoms with Crippen molar-refractivity contribution < 1.29 is 24.4 Å². The number of nitrogen functional groups attached to an aromatic ring is 1. The third-order valence-electron chi connectivity index (χ3n) is 3.37. The average Bonchev–Trinajstić information content (AvgIpc) is 2.71. The Morgan fingerprint density at radius 3 is 2.29 bits per heavy atom. The largest absolute Gasteiger partial charge is 0.399 e. The summed E-state index contributed by atoms with van der Waals surface area (Å²) in [5, 5.41) is 8.92. The van der Waals surface area contributed by atoms with E-state index in [4.69, 9.17) is 5.73 Å². The summed E-state index contributed by atoms with van der Waals surface area (Å²) < 4.78 is 0. The molecule has 0 radical (unpaired) electrons. The fraction of sp³-hybridized carbons (Fsp3) is 0.231. The molecule has 1 aliphatic heterocycles. The van der Waals surface area contributed by atoms with Gasteiger partial charge in [0.15, 0.2) is 17.0 Å². The Morgan fingerprint density at radius 1 is 1.29 bits per heavy atom. The van der Waals surface area contributed by atoms with Gasteiger partial charge in [-0.1, -0.05) is 15.9 Å². The molecule has 0 saturated carbocycles. The van der Waals surface area contributed by atoms with Crippen LogP contribution in [-0.2, 0) is 14.4 Å². The predicted octanol–water partition coefficient (Wildman–Crippen LogP) is 0.550. The number of amides is 2. The molecule has 7 nitrogen and oxygen atoms in total. The summed E-state index contributed by atoms with van der Waals surface area (Å²) >= 11 is 2.89. The summed E-state index contributed by atoms with van der Waals surface area (Å²) in [6.45, 7) is 0. The van der Waals surface area contributed by atoms with E-state index >= 15 is 0 Å². The zero-order valence-electron chi connectivity index (χ0n) is 10.7. The van der Waals surface area contributed by atoms with Crippen LogP contribution in [0.3, 0.4) is 0 Å². The quantitative estimate of drug-likeness (QED) is 0.203. The molecular weight excluding hydrogens is 344 g/mol. The molecule has 0 aromatic heterocycles. The van der Waals surface area contributed by atoms with Crippen LogP contribution in [0.15, 0.2) is 24.3 Å². The number of nitrogens with zero attached hydrogens (tertiary/aromatic N) is 1. The number of halogens is 1. The highest BCUT2D eigenvalue weighted by Crippen LogP contribution is 2.37. The van der Waals surface area contributed by atoms with Gasteiger partial charge in [0.2, 0.25) is 0 Å². The van der Waals surface area contributed by atoms with Crippen molar-refractivity contribution in [3.8, 4) is 0 Å². The van der Waals surface area contributed by atoms with Crippen molar-refractivity contribution in [2.45, 2.75) is 6.42 Å². The summed E-state index contributed by atoms with van der Waals surface area (Å²) in [6.07, 6.45) is -0.685. The lowest BCUT2D eigenvalue weighted by Gasteiger charge is -2.21. The standard InChI is InChI=1S/C13H11BrN2O5/c14-6-9(17)13(5-10(18)16(21)12(13)20)11(19)7-1-3-8(15)4-2-7/h1-4,21H,5-6,15H2. The van der Waals surface area contributed by atoms with Gasteiger partial charge in [0, 0.05) is 11.3 Å². The molecule has 1 saturated heterocycles. The third-order valence-corrected chi connectivity index (χ3v) is 3.88. The number of rotatable bonds is 4. The van der Waals surface area contributed by atoms with Crippen LogP contribution in [0, 0.1) is 5.41 Å². The molecule has 21 heavy (non-hydrogen) atoms. The Morgan fingerprint density at radius 2 is 1.86 bits per heavy atom. The van der Waals surface area contributed by atoms with E-state index in [1.807, 2.05) is 0 Å². The maximum Gasteiger partial charge on any atom is 0.275 e. The molecule has 1 aromatic carbocycles. The van der Waals surface area contributed by atoms with Gasteiger partial charge in [-0.25, -0.2) is 0 Å². The summed E-state index contributed by atoms with van der Waals surface area (Å²) in [5.74, 6) is -3.82. The Hall–Kier alpha value is -2.06. The molecule has 1 fully saturated rings. The molecule has 3 N–H and O–H groups in total. The molecule has 1 aliphatic rings. The van der Waals surface area contributed by atoms with Gasteiger partial charge in [0.05, 0.1) is 11.8 Å². The highest BCUT2D eigenvalue weighted by atomic mass is 79.9. The fourth-order valence-electron chi connectivity index (χ4n) is 2.19. The lowest BCUT2D eigenvalue weighted by Crippen LogP contribution is -2.46. The number of hydrogen-bond donors (Lipinski definition) is 2. The minimum Gasteiger partial charge on any atom is -0.399 e. The minimum absolute atomic E-state index is 0.0648. The maximum atomic E-state index is 12.6. The SMILES string of the molecule is Nc1ccc(C(=O)C2(C(=O)CBr)CC(=O)N(O)C2=O)cc1. The van der Waals surface area contributed by atoms with Crippen LogP contribution in [0.5, 0.6) is 0 Å². The second-order valence-electron chi connectivity index (χ2n) is 4.60. The van der Waals surface area contributed by atoms with Gasteiger partial charge < -0.3 is 5.73 Å². The molecule has 8 heteroatoms. The van der Waals surface area contributed by atoms with Crippen LogP contribution in [-0.4, -0.2) is 39.0 Å². The van der Waals surface area contributed by atoms with Crippen LogP contribution in [0.2, 0.25) is 0 Å². The lowest BCUT2D eigenvalue weighted by molar-refractivity contribution is -0.173. The van der Waals surface area contributed by atoms with Gasteiger partial charge in [-0.15, -0.1) is 0 Å². The van der Waals surface area contributed by atoms with E-state index in [9.17, 15) is 24.4 Å². The smallest absolute Gasteiger partial charge is 0.275 e. The molecule has 1 heterocycles. The summed E-state index contributed by atoms with van der Waals surface area (Å²) in [4.78, 5) is 48.3. The Bertz CT molecular complexity index is 642. The van der Waals surface area contributed by atoms with Crippen LogP contribution >= 0.6 is 15.9 Å². The van der Waals surface area contributed by atoms with Crippen LogP contribution in [0.25, 0.3) is 0 Å². The van der Waals surface area contributed by atoms with E-state index in [2.05, 4.69) is 15.9 Å². The van der Waals surface area contributed by atoms with Crippen molar-refractivity contribution in [2.75, 3.05) is 11.1 Å². The molecule has 0 aliphatic carbocycles. The van der Waals surface area contributed by atoms with Gasteiger partial charge in [0.1, 0.15) is 0 Å². The number of benzene rings is 1. The zero-order valence-corrected chi connectivity index (χ0v) is 12.3. The van der Waals surface area contributed by atoms with Gasteiger partial charge in [0.25, 0.3) is 11.8 Å². The van der Waals surface area contributed by atoms with E-state index in [-0.39, 0.29) is 16.0 Å². The first-order valence-electron chi connectivity index (χ1n) is 5.90. The number of alkyl halides is 1. The Kier molecular flexibility index (Phi) is 3.93. The first-order valence-corrected chi connectivity index (χ1v) is 7.02. The van der Waals surface area contributed by atoms with Crippen molar-refractivity contribution in [1.82, 2.24) is 5.06 Å². The van der Waals surface area contributed by atoms with E-state index in [1.54, 1.807) is 0 Å². The predicted molar refractivity (Wildman–Crippen MR) is 74.7 cm³/mol. The van der Waals surface area contributed by atoms with Crippen molar-refractivity contribution in [1.29, 1.82) is 0 Å². The Balaban J connectivity index is 2.54. The number of Topliss-reactive ketones (excluding diaryl/α,β-unsaturated/α-hetero) is 2. The maximum absolute atomic E-state index is 12.6. The minimum atomic E-state index is -2.22. The third kappa shape index (κ3) is 2.26. The number of anilines is 1. The highest BCUT2D eigenvalue weighted by molar-refractivity contribution is 9.09. The van der Waals surface area contributed by atoms with E-state index < -0.39 is 35.2 Å². The second kappa shape index (κ2) is 5.38. The molecule has 110 valence electrons. The number of nitrogens with two attached hydrogens (primary N) is 1. The normalized spacial score (nSPS) is 21.7. The van der Waals surface area contributed by atoms with Crippen molar-refractivity contribution in [2.24, 2.45) is 5.41 Å². The Labute approximate surface area is 127 Å². The topological polar surface area (TPSA) is 118 Å². The van der Waals surface area contributed by atoms with Crippen LogP contribution in [0.4, 0.5) is 5.69 Å². The number of carbonyl (C=O) groups is 4. The van der Waals surface area contributed by atoms with Gasteiger partial charge in [-0.05, 0) is 24.3 Å². The van der Waals surface area contributed by atoms with Gasteiger partial charge in [-0.3, -0.25) is 24.4 Å². The number of imide groups is 1. The number of hydroxylamine groups is 2. The molecule has 0 spiro atoms. The monoisotopic (exact) mass is 354 g/mol. The van der Waals surface area contributed by atoms with E-state index in [0.29, 0.717) is 5.69 Å². The molecule has 2 amide bonds. The molecular formula is C13H11BrN2O5.